The lowest BCUT2D eigenvalue weighted by molar-refractivity contribution is 0.770. The summed E-state index contributed by atoms with van der Waals surface area (Å²) in [6.07, 6.45) is -0.805. The van der Waals surface area contributed by atoms with E-state index in [0.717, 1.165) is 0 Å². The van der Waals surface area contributed by atoms with E-state index in [2.05, 4.69) is 15.3 Å². The molecule has 0 bridgehead atoms. The van der Waals surface area contributed by atoms with E-state index < -0.39 is 6.09 Å². The van der Waals surface area contributed by atoms with Gasteiger partial charge >= 0.3 is 0 Å². The summed E-state index contributed by atoms with van der Waals surface area (Å²) in [5.41, 5.74) is 0. The molecule has 0 rings (SSSR count). The van der Waals surface area contributed by atoms with Crippen molar-refractivity contribution in [3.63, 3.8) is 0 Å². The number of halogens is 1. The van der Waals surface area contributed by atoms with Crippen LogP contribution in [-0.4, -0.2) is 24.8 Å². The second-order valence-electron chi connectivity index (χ2n) is 1.92. The molecule has 0 fully saturated rings. The van der Waals surface area contributed by atoms with Crippen molar-refractivity contribution < 1.29 is 4.39 Å². The first-order valence-electron chi connectivity index (χ1n) is 3.06. The molecule has 0 unspecified atom stereocenters. The zero-order valence-electron chi connectivity index (χ0n) is 6.77. The summed E-state index contributed by atoms with van der Waals surface area (Å²) < 4.78 is 12.5. The maximum Gasteiger partial charge on any atom is 0.289 e. The van der Waals surface area contributed by atoms with Crippen molar-refractivity contribution in [2.24, 2.45) is 9.98 Å². The Balaban J connectivity index is 4.07. The monoisotopic (exact) mass is 158 g/mol. The molecule has 0 radical (unpaired) electrons. The first-order chi connectivity index (χ1) is 5.06. The minimum absolute atomic E-state index is 0.0843. The molecule has 0 heterocycles. The predicted octanol–water partition coefficient (Wildman–Crippen LogP) is 0.947. The van der Waals surface area contributed by atoms with Crippen LogP contribution in [0.15, 0.2) is 9.98 Å². The van der Waals surface area contributed by atoms with E-state index in [-0.39, 0.29) is 5.84 Å². The van der Waals surface area contributed by atoms with Crippen molar-refractivity contribution in [1.82, 2.24) is 5.32 Å². The highest BCUT2D eigenvalue weighted by atomic mass is 19.1. The van der Waals surface area contributed by atoms with Gasteiger partial charge in [-0.05, 0) is 13.8 Å². The van der Waals surface area contributed by atoms with Gasteiger partial charge in [-0.2, -0.15) is 9.38 Å². The van der Waals surface area contributed by atoms with Crippen LogP contribution in [0.1, 0.15) is 13.8 Å². The standard InChI is InChI=1S/C6H11FN4/c1-4(8)10-6(7)11-5(2)9-3/h1-3H3,(H2,8,9,10,11). The fraction of sp³-hybridized carbons (Fsp3) is 0.500. The summed E-state index contributed by atoms with van der Waals surface area (Å²) in [4.78, 5) is 6.86. The van der Waals surface area contributed by atoms with Gasteiger partial charge in [-0.1, -0.05) is 0 Å². The topological polar surface area (TPSA) is 60.6 Å². The Morgan fingerprint density at radius 1 is 1.45 bits per heavy atom. The van der Waals surface area contributed by atoms with E-state index in [4.69, 9.17) is 5.41 Å². The number of nitrogens with zero attached hydrogens (tertiary/aromatic N) is 2. The fourth-order valence-corrected chi connectivity index (χ4v) is 0.380. The first kappa shape index (κ1) is 9.74. The minimum atomic E-state index is -0.805. The second kappa shape index (κ2) is 4.54. The van der Waals surface area contributed by atoms with Crippen LogP contribution in [0, 0.1) is 5.41 Å². The van der Waals surface area contributed by atoms with Gasteiger partial charge in [-0.3, -0.25) is 10.4 Å². The highest BCUT2D eigenvalue weighted by molar-refractivity contribution is 5.99. The van der Waals surface area contributed by atoms with Gasteiger partial charge in [-0.25, -0.2) is 0 Å². The van der Waals surface area contributed by atoms with Crippen LogP contribution in [0.25, 0.3) is 0 Å². The number of amidine groups is 3. The molecule has 0 amide bonds. The van der Waals surface area contributed by atoms with E-state index in [1.807, 2.05) is 0 Å². The third-order valence-electron chi connectivity index (χ3n) is 0.885. The lowest BCUT2D eigenvalue weighted by atomic mass is 10.6. The molecule has 0 aromatic heterocycles. The number of rotatable bonds is 0. The first-order valence-corrected chi connectivity index (χ1v) is 3.06. The van der Waals surface area contributed by atoms with Crippen molar-refractivity contribution in [1.29, 1.82) is 5.41 Å². The molecule has 0 spiro atoms. The third-order valence-corrected chi connectivity index (χ3v) is 0.885. The Morgan fingerprint density at radius 2 is 2.00 bits per heavy atom. The van der Waals surface area contributed by atoms with E-state index in [1.54, 1.807) is 6.92 Å². The van der Waals surface area contributed by atoms with Crippen LogP contribution >= 0.6 is 0 Å². The Hall–Kier alpha value is -1.26. The van der Waals surface area contributed by atoms with Crippen molar-refractivity contribution in [2.75, 3.05) is 7.05 Å². The summed E-state index contributed by atoms with van der Waals surface area (Å²) in [5.74, 6) is 0.339. The molecular weight excluding hydrogens is 147 g/mol. The molecule has 0 aliphatic carbocycles. The highest BCUT2D eigenvalue weighted by Gasteiger charge is 1.95. The SMILES string of the molecule is CN=C(C)NC(F)=NC(C)=N. The molecule has 0 aliphatic heterocycles. The summed E-state index contributed by atoms with van der Waals surface area (Å²) in [6.45, 7) is 2.99. The molecule has 0 saturated heterocycles. The average molecular weight is 158 g/mol. The van der Waals surface area contributed by atoms with Crippen molar-refractivity contribution >= 4 is 17.8 Å². The van der Waals surface area contributed by atoms with Crippen molar-refractivity contribution in [2.45, 2.75) is 13.8 Å². The predicted molar refractivity (Wildman–Crippen MR) is 44.1 cm³/mol. The molecule has 2 N–H and O–H groups in total. The summed E-state index contributed by atoms with van der Waals surface area (Å²) in [5, 5.41) is 9.07. The summed E-state index contributed by atoms with van der Waals surface area (Å²) >= 11 is 0. The molecule has 4 nitrogen and oxygen atoms in total. The van der Waals surface area contributed by atoms with Crippen molar-refractivity contribution in [3.8, 4) is 0 Å². The van der Waals surface area contributed by atoms with E-state index in [1.165, 1.54) is 14.0 Å². The van der Waals surface area contributed by atoms with Gasteiger partial charge in [0.25, 0.3) is 6.09 Å². The van der Waals surface area contributed by atoms with Crippen LogP contribution in [0.4, 0.5) is 4.39 Å². The van der Waals surface area contributed by atoms with Gasteiger partial charge in [0.1, 0.15) is 11.7 Å². The zero-order valence-corrected chi connectivity index (χ0v) is 6.77. The largest absolute Gasteiger partial charge is 0.304 e. The zero-order chi connectivity index (χ0) is 8.85. The number of nitrogens with one attached hydrogen (secondary N) is 2. The van der Waals surface area contributed by atoms with Gasteiger partial charge < -0.3 is 5.32 Å². The maximum absolute atomic E-state index is 12.5. The Kier molecular flexibility index (Phi) is 4.02. The van der Waals surface area contributed by atoms with E-state index in [9.17, 15) is 4.39 Å². The maximum atomic E-state index is 12.5. The molecule has 62 valence electrons. The molecule has 0 saturated carbocycles. The third kappa shape index (κ3) is 5.20. The van der Waals surface area contributed by atoms with Gasteiger partial charge in [-0.15, -0.1) is 0 Å². The molecule has 11 heavy (non-hydrogen) atoms. The molecule has 0 aromatic rings. The quantitative estimate of drug-likeness (QED) is 0.308. The van der Waals surface area contributed by atoms with Crippen molar-refractivity contribution in [3.05, 3.63) is 0 Å². The van der Waals surface area contributed by atoms with Gasteiger partial charge in [0, 0.05) is 7.05 Å². The van der Waals surface area contributed by atoms with Gasteiger partial charge in [0.15, 0.2) is 0 Å². The Labute approximate surface area is 64.8 Å². The Bertz CT molecular complexity index is 207. The van der Waals surface area contributed by atoms with Crippen LogP contribution in [0.2, 0.25) is 0 Å². The minimum Gasteiger partial charge on any atom is -0.304 e. The smallest absolute Gasteiger partial charge is 0.289 e. The van der Waals surface area contributed by atoms with Crippen LogP contribution < -0.4 is 5.32 Å². The fourth-order valence-electron chi connectivity index (χ4n) is 0.380. The molecular formula is C6H11FN4. The van der Waals surface area contributed by atoms with E-state index >= 15 is 0 Å². The molecule has 0 atom stereocenters. The summed E-state index contributed by atoms with van der Waals surface area (Å²) in [6, 6.07) is 0. The normalized spacial score (nSPS) is 13.1. The van der Waals surface area contributed by atoms with Gasteiger partial charge in [0.2, 0.25) is 0 Å². The number of hydrogen-bond donors (Lipinski definition) is 2. The van der Waals surface area contributed by atoms with E-state index in [0.29, 0.717) is 5.84 Å². The lowest BCUT2D eigenvalue weighted by Crippen LogP contribution is -2.25. The molecule has 5 heteroatoms. The second-order valence-corrected chi connectivity index (χ2v) is 1.92. The average Bonchev–Trinajstić information content (AvgIpc) is 1.85. The summed E-state index contributed by atoms with van der Waals surface area (Å²) in [7, 11) is 1.53. The number of aliphatic imine (C=N–C) groups is 2. The lowest BCUT2D eigenvalue weighted by Gasteiger charge is -1.98. The molecule has 0 aromatic carbocycles. The number of hydrogen-bond acceptors (Lipinski definition) is 2. The Morgan fingerprint density at radius 3 is 2.36 bits per heavy atom. The highest BCUT2D eigenvalue weighted by Crippen LogP contribution is 1.79. The van der Waals surface area contributed by atoms with Crippen LogP contribution in [0.3, 0.4) is 0 Å². The van der Waals surface area contributed by atoms with Crippen LogP contribution in [-0.2, 0) is 0 Å². The van der Waals surface area contributed by atoms with Crippen LogP contribution in [0.5, 0.6) is 0 Å². The van der Waals surface area contributed by atoms with Gasteiger partial charge in [0.05, 0.1) is 0 Å². The molecule has 0 aliphatic rings.